The van der Waals surface area contributed by atoms with Gasteiger partial charge in [-0.2, -0.15) is 0 Å². The molecular weight excluding hydrogens is 256 g/mol. The number of H-pyrrole nitrogens is 1. The van der Waals surface area contributed by atoms with Crippen LogP contribution in [0.3, 0.4) is 0 Å². The molecule has 2 fully saturated rings. The molecule has 0 aromatic carbocycles. The highest BCUT2D eigenvalue weighted by Gasteiger charge is 2.43. The minimum Gasteiger partial charge on any atom is -0.381 e. The number of hydrogen-bond acceptors (Lipinski definition) is 3. The minimum absolute atomic E-state index is 0.0883. The summed E-state index contributed by atoms with van der Waals surface area (Å²) >= 11 is 0. The van der Waals surface area contributed by atoms with E-state index < -0.39 is 0 Å². The molecule has 3 atom stereocenters. The molecule has 1 aromatic heterocycles. The number of fused-ring (bicyclic) bond motifs is 1. The molecule has 1 aliphatic heterocycles. The summed E-state index contributed by atoms with van der Waals surface area (Å²) in [5, 5.41) is 0. The predicted molar refractivity (Wildman–Crippen MR) is 74.6 cm³/mol. The van der Waals surface area contributed by atoms with Crippen LogP contribution in [0.2, 0.25) is 0 Å². The van der Waals surface area contributed by atoms with Gasteiger partial charge in [-0.3, -0.25) is 4.79 Å². The average Bonchev–Trinajstić information content (AvgIpc) is 3.12. The number of aromatic nitrogens is 1. The van der Waals surface area contributed by atoms with Crippen LogP contribution in [0.1, 0.15) is 30.3 Å². The van der Waals surface area contributed by atoms with Crippen molar-refractivity contribution in [1.29, 1.82) is 0 Å². The molecule has 1 saturated heterocycles. The maximum atomic E-state index is 12.5. The standard InChI is InChI=1S/C15H22N2O3/c1-2-19-10-11-8-13-14(9-11)20-7-6-17(13)15(18)12-4-3-5-16-12/h3-5,11,13-14,16H,2,6-10H2,1H3/t11?,13-,14-/m1/s1. The highest BCUT2D eigenvalue weighted by Crippen LogP contribution is 2.35. The molecule has 110 valence electrons. The van der Waals surface area contributed by atoms with Gasteiger partial charge in [0.2, 0.25) is 0 Å². The van der Waals surface area contributed by atoms with Crippen LogP contribution < -0.4 is 0 Å². The lowest BCUT2D eigenvalue weighted by atomic mass is 10.1. The van der Waals surface area contributed by atoms with Crippen molar-refractivity contribution >= 4 is 5.91 Å². The first-order valence-corrected chi connectivity index (χ1v) is 7.43. The maximum Gasteiger partial charge on any atom is 0.270 e. The van der Waals surface area contributed by atoms with Crippen LogP contribution in [0.25, 0.3) is 0 Å². The molecule has 2 heterocycles. The lowest BCUT2D eigenvalue weighted by Crippen LogP contribution is -2.51. The van der Waals surface area contributed by atoms with Crippen LogP contribution in [0.4, 0.5) is 0 Å². The first kappa shape index (κ1) is 13.6. The molecule has 2 aliphatic rings. The summed E-state index contributed by atoms with van der Waals surface area (Å²) < 4.78 is 11.4. The lowest BCUT2D eigenvalue weighted by Gasteiger charge is -2.37. The Bertz CT molecular complexity index is 446. The van der Waals surface area contributed by atoms with Gasteiger partial charge in [0.1, 0.15) is 5.69 Å². The van der Waals surface area contributed by atoms with Gasteiger partial charge in [-0.15, -0.1) is 0 Å². The van der Waals surface area contributed by atoms with E-state index in [1.54, 1.807) is 6.20 Å². The monoisotopic (exact) mass is 278 g/mol. The molecule has 0 spiro atoms. The highest BCUT2D eigenvalue weighted by atomic mass is 16.5. The smallest absolute Gasteiger partial charge is 0.270 e. The van der Waals surface area contributed by atoms with E-state index in [2.05, 4.69) is 4.98 Å². The van der Waals surface area contributed by atoms with Gasteiger partial charge in [0.25, 0.3) is 5.91 Å². The van der Waals surface area contributed by atoms with Crippen molar-refractivity contribution in [3.05, 3.63) is 24.0 Å². The zero-order valence-corrected chi connectivity index (χ0v) is 11.9. The minimum atomic E-state index is 0.0883. The Balaban J connectivity index is 1.68. The first-order valence-electron chi connectivity index (χ1n) is 7.43. The number of ether oxygens (including phenoxy) is 2. The molecule has 0 radical (unpaired) electrons. The summed E-state index contributed by atoms with van der Waals surface area (Å²) in [4.78, 5) is 17.5. The van der Waals surface area contributed by atoms with E-state index in [1.165, 1.54) is 0 Å². The van der Waals surface area contributed by atoms with Crippen LogP contribution in [-0.2, 0) is 9.47 Å². The number of nitrogens with one attached hydrogen (secondary N) is 1. The Morgan fingerprint density at radius 1 is 1.55 bits per heavy atom. The van der Waals surface area contributed by atoms with Crippen LogP contribution >= 0.6 is 0 Å². The Kier molecular flexibility index (Phi) is 4.08. The maximum absolute atomic E-state index is 12.5. The zero-order valence-electron chi connectivity index (χ0n) is 11.9. The quantitative estimate of drug-likeness (QED) is 0.911. The lowest BCUT2D eigenvalue weighted by molar-refractivity contribution is -0.0451. The van der Waals surface area contributed by atoms with Gasteiger partial charge in [-0.1, -0.05) is 0 Å². The summed E-state index contributed by atoms with van der Waals surface area (Å²) in [6.07, 6.45) is 3.95. The van der Waals surface area contributed by atoms with Crippen molar-refractivity contribution in [2.24, 2.45) is 5.92 Å². The average molecular weight is 278 g/mol. The van der Waals surface area contributed by atoms with E-state index in [9.17, 15) is 4.79 Å². The summed E-state index contributed by atoms with van der Waals surface area (Å²) in [5.41, 5.74) is 0.666. The van der Waals surface area contributed by atoms with Gasteiger partial charge in [0, 0.05) is 26.0 Å². The van der Waals surface area contributed by atoms with E-state index in [1.807, 2.05) is 24.0 Å². The van der Waals surface area contributed by atoms with Crippen LogP contribution in [-0.4, -0.2) is 54.3 Å². The molecule has 1 N–H and O–H groups in total. The normalized spacial score (nSPS) is 29.4. The SMILES string of the molecule is CCOCC1C[C@@H]2[C@@H](C1)OCCN2C(=O)c1ccc[nH]1. The molecular formula is C15H22N2O3. The largest absolute Gasteiger partial charge is 0.381 e. The zero-order chi connectivity index (χ0) is 13.9. The summed E-state index contributed by atoms with van der Waals surface area (Å²) in [7, 11) is 0. The van der Waals surface area contributed by atoms with Gasteiger partial charge in [-0.25, -0.2) is 0 Å². The number of carbonyl (C=O) groups is 1. The predicted octanol–water partition coefficient (Wildman–Crippen LogP) is 1.67. The second-order valence-corrected chi connectivity index (χ2v) is 5.56. The molecule has 3 rings (SSSR count). The first-order chi connectivity index (χ1) is 9.79. The number of morpholine rings is 1. The third-order valence-corrected chi connectivity index (χ3v) is 4.28. The molecule has 5 nitrogen and oxygen atoms in total. The summed E-state index contributed by atoms with van der Waals surface area (Å²) in [5.74, 6) is 0.590. The van der Waals surface area contributed by atoms with Crippen LogP contribution in [0.15, 0.2) is 18.3 Å². The van der Waals surface area contributed by atoms with Gasteiger partial charge in [0.15, 0.2) is 0 Å². The second-order valence-electron chi connectivity index (χ2n) is 5.56. The van der Waals surface area contributed by atoms with Crippen molar-refractivity contribution in [2.45, 2.75) is 31.9 Å². The number of carbonyl (C=O) groups excluding carboxylic acids is 1. The van der Waals surface area contributed by atoms with Gasteiger partial charge in [0.05, 0.1) is 18.8 Å². The van der Waals surface area contributed by atoms with Gasteiger partial charge in [-0.05, 0) is 37.8 Å². The Morgan fingerprint density at radius 2 is 2.45 bits per heavy atom. The van der Waals surface area contributed by atoms with Crippen molar-refractivity contribution in [1.82, 2.24) is 9.88 Å². The highest BCUT2D eigenvalue weighted by molar-refractivity contribution is 5.92. The molecule has 1 aromatic rings. The van der Waals surface area contributed by atoms with E-state index in [0.717, 1.165) is 26.1 Å². The number of nitrogens with zero attached hydrogens (tertiary/aromatic N) is 1. The third-order valence-electron chi connectivity index (χ3n) is 4.28. The fourth-order valence-corrected chi connectivity index (χ4v) is 3.34. The third kappa shape index (κ3) is 2.60. The number of hydrogen-bond donors (Lipinski definition) is 1. The fraction of sp³-hybridized carbons (Fsp3) is 0.667. The molecule has 0 bridgehead atoms. The molecule has 1 amide bonds. The van der Waals surface area contributed by atoms with Crippen LogP contribution in [0, 0.1) is 5.92 Å². The number of aromatic amines is 1. The van der Waals surface area contributed by atoms with Gasteiger partial charge >= 0.3 is 0 Å². The summed E-state index contributed by atoms with van der Waals surface area (Å²) in [6, 6.07) is 3.89. The Labute approximate surface area is 119 Å². The fourth-order valence-electron chi connectivity index (χ4n) is 3.34. The molecule has 1 saturated carbocycles. The van der Waals surface area contributed by atoms with E-state index in [0.29, 0.717) is 24.8 Å². The van der Waals surface area contributed by atoms with E-state index in [-0.39, 0.29) is 18.1 Å². The Morgan fingerprint density at radius 3 is 3.20 bits per heavy atom. The van der Waals surface area contributed by atoms with E-state index in [4.69, 9.17) is 9.47 Å². The number of amides is 1. The van der Waals surface area contributed by atoms with Crippen LogP contribution in [0.5, 0.6) is 0 Å². The van der Waals surface area contributed by atoms with Crippen molar-refractivity contribution in [3.8, 4) is 0 Å². The molecule has 1 aliphatic carbocycles. The summed E-state index contributed by atoms with van der Waals surface area (Å²) in [6.45, 7) is 4.85. The second kappa shape index (κ2) is 5.97. The Hall–Kier alpha value is -1.33. The van der Waals surface area contributed by atoms with Gasteiger partial charge < -0.3 is 19.4 Å². The molecule has 5 heteroatoms. The topological polar surface area (TPSA) is 54.6 Å². The van der Waals surface area contributed by atoms with E-state index >= 15 is 0 Å². The number of rotatable bonds is 4. The van der Waals surface area contributed by atoms with Crippen molar-refractivity contribution in [2.75, 3.05) is 26.4 Å². The molecule has 20 heavy (non-hydrogen) atoms. The van der Waals surface area contributed by atoms with Crippen molar-refractivity contribution in [3.63, 3.8) is 0 Å². The van der Waals surface area contributed by atoms with Crippen molar-refractivity contribution < 1.29 is 14.3 Å². The molecule has 1 unspecified atom stereocenters.